The van der Waals surface area contributed by atoms with Gasteiger partial charge in [-0.2, -0.15) is 0 Å². The second-order valence-corrected chi connectivity index (χ2v) is 4.43. The van der Waals surface area contributed by atoms with Crippen LogP contribution < -0.4 is 4.90 Å². The molecule has 1 aromatic carbocycles. The van der Waals surface area contributed by atoms with E-state index in [-0.39, 0.29) is 25.2 Å². The summed E-state index contributed by atoms with van der Waals surface area (Å²) < 4.78 is 26.1. The molecule has 0 spiro atoms. The Labute approximate surface area is 114 Å². The molecular weight excluding hydrogens is 272 g/mol. The van der Waals surface area contributed by atoms with Gasteiger partial charge in [-0.15, -0.1) is 0 Å². The third-order valence-electron chi connectivity index (χ3n) is 2.78. The summed E-state index contributed by atoms with van der Waals surface area (Å²) in [5, 5.41) is 17.6. The third-order valence-corrected chi connectivity index (χ3v) is 2.78. The number of carboxylic acids is 2. The molecule has 0 amide bonds. The standard InChI is InChI=1S/C13H15F2NO4/c1-8(13(19)20)7-16(5-4-12(17)18)9-2-3-10(14)11(15)6-9/h2-3,6,8H,4-5,7H2,1H3,(H,17,18)(H,19,20). The first-order chi connectivity index (χ1) is 9.31. The molecule has 0 radical (unpaired) electrons. The van der Waals surface area contributed by atoms with Crippen molar-refractivity contribution in [1.29, 1.82) is 0 Å². The van der Waals surface area contributed by atoms with Gasteiger partial charge in [-0.1, -0.05) is 6.92 Å². The monoisotopic (exact) mass is 287 g/mol. The van der Waals surface area contributed by atoms with E-state index in [1.165, 1.54) is 17.9 Å². The van der Waals surface area contributed by atoms with Gasteiger partial charge in [0.05, 0.1) is 12.3 Å². The minimum atomic E-state index is -1.06. The largest absolute Gasteiger partial charge is 0.481 e. The molecular formula is C13H15F2NO4. The van der Waals surface area contributed by atoms with Crippen molar-refractivity contribution in [1.82, 2.24) is 0 Å². The number of carboxylic acid groups (broad SMARTS) is 2. The van der Waals surface area contributed by atoms with Gasteiger partial charge < -0.3 is 15.1 Å². The van der Waals surface area contributed by atoms with Crippen LogP contribution in [-0.2, 0) is 9.59 Å². The molecule has 1 aromatic rings. The Morgan fingerprint density at radius 3 is 2.40 bits per heavy atom. The van der Waals surface area contributed by atoms with Crippen LogP contribution >= 0.6 is 0 Å². The van der Waals surface area contributed by atoms with E-state index in [4.69, 9.17) is 10.2 Å². The molecule has 1 unspecified atom stereocenters. The maximum atomic E-state index is 13.2. The second-order valence-electron chi connectivity index (χ2n) is 4.43. The summed E-state index contributed by atoms with van der Waals surface area (Å²) in [6.07, 6.45) is -0.231. The third kappa shape index (κ3) is 4.49. The summed E-state index contributed by atoms with van der Waals surface area (Å²) in [5.41, 5.74) is 0.248. The minimum absolute atomic E-state index is 0.00762. The Balaban J connectivity index is 2.92. The zero-order valence-corrected chi connectivity index (χ0v) is 10.8. The van der Waals surface area contributed by atoms with Crippen molar-refractivity contribution < 1.29 is 28.6 Å². The van der Waals surface area contributed by atoms with Gasteiger partial charge in [0.25, 0.3) is 0 Å². The van der Waals surface area contributed by atoms with E-state index in [1.54, 1.807) is 0 Å². The number of rotatable bonds is 7. The molecule has 0 heterocycles. The zero-order chi connectivity index (χ0) is 15.3. The summed E-state index contributed by atoms with van der Waals surface area (Å²) in [7, 11) is 0. The highest BCUT2D eigenvalue weighted by molar-refractivity contribution is 5.71. The average Bonchev–Trinajstić information content (AvgIpc) is 2.37. The number of nitrogens with zero attached hydrogens (tertiary/aromatic N) is 1. The second kappa shape index (κ2) is 6.83. The quantitative estimate of drug-likeness (QED) is 0.801. The van der Waals surface area contributed by atoms with Crippen LogP contribution in [0, 0.1) is 17.6 Å². The predicted octanol–water partition coefficient (Wildman–Crippen LogP) is 1.97. The molecule has 5 nitrogen and oxygen atoms in total. The van der Waals surface area contributed by atoms with Crippen molar-refractivity contribution in [3.8, 4) is 0 Å². The van der Waals surface area contributed by atoms with Gasteiger partial charge >= 0.3 is 11.9 Å². The van der Waals surface area contributed by atoms with Crippen LogP contribution in [0.25, 0.3) is 0 Å². The topological polar surface area (TPSA) is 77.8 Å². The lowest BCUT2D eigenvalue weighted by atomic mass is 10.1. The summed E-state index contributed by atoms with van der Waals surface area (Å²) in [5.74, 6) is -4.95. The van der Waals surface area contributed by atoms with E-state index in [0.717, 1.165) is 12.1 Å². The van der Waals surface area contributed by atoms with E-state index >= 15 is 0 Å². The molecule has 7 heteroatoms. The van der Waals surface area contributed by atoms with Crippen LogP contribution in [0.5, 0.6) is 0 Å². The molecule has 1 atom stereocenters. The number of hydrogen-bond donors (Lipinski definition) is 2. The fourth-order valence-corrected chi connectivity index (χ4v) is 1.65. The average molecular weight is 287 g/mol. The van der Waals surface area contributed by atoms with Crippen molar-refractivity contribution in [3.05, 3.63) is 29.8 Å². The van der Waals surface area contributed by atoms with Crippen molar-refractivity contribution in [2.75, 3.05) is 18.0 Å². The van der Waals surface area contributed by atoms with Crippen molar-refractivity contribution >= 4 is 17.6 Å². The highest BCUT2D eigenvalue weighted by atomic mass is 19.2. The first kappa shape index (κ1) is 15.9. The van der Waals surface area contributed by atoms with Crippen LogP contribution in [-0.4, -0.2) is 35.2 Å². The van der Waals surface area contributed by atoms with Crippen LogP contribution in [0.1, 0.15) is 13.3 Å². The summed E-state index contributed by atoms with van der Waals surface area (Å²) in [6, 6.07) is 3.13. The Morgan fingerprint density at radius 2 is 1.90 bits per heavy atom. The SMILES string of the molecule is CC(CN(CCC(=O)O)c1ccc(F)c(F)c1)C(=O)O. The summed E-state index contributed by atoms with van der Waals surface area (Å²) >= 11 is 0. The Morgan fingerprint density at radius 1 is 1.25 bits per heavy atom. The molecule has 0 bridgehead atoms. The Hall–Kier alpha value is -2.18. The van der Waals surface area contributed by atoms with Crippen LogP contribution in [0.3, 0.4) is 0 Å². The molecule has 1 rings (SSSR count). The Bertz CT molecular complexity index is 507. The molecule has 2 N–H and O–H groups in total. The van der Waals surface area contributed by atoms with E-state index in [9.17, 15) is 18.4 Å². The molecule has 0 aromatic heterocycles. The van der Waals surface area contributed by atoms with Crippen molar-refractivity contribution in [2.45, 2.75) is 13.3 Å². The zero-order valence-electron chi connectivity index (χ0n) is 10.8. The highest BCUT2D eigenvalue weighted by Gasteiger charge is 2.18. The molecule has 0 saturated heterocycles. The summed E-state index contributed by atoms with van der Waals surface area (Å²) in [4.78, 5) is 22.9. The molecule has 0 aliphatic rings. The fraction of sp³-hybridized carbons (Fsp3) is 0.385. The van der Waals surface area contributed by atoms with Crippen LogP contribution in [0.2, 0.25) is 0 Å². The highest BCUT2D eigenvalue weighted by Crippen LogP contribution is 2.19. The first-order valence-corrected chi connectivity index (χ1v) is 5.96. The molecule has 0 saturated carbocycles. The number of carbonyl (C=O) groups is 2. The maximum absolute atomic E-state index is 13.2. The molecule has 0 aliphatic heterocycles. The number of anilines is 1. The molecule has 0 aliphatic carbocycles. The van der Waals surface area contributed by atoms with Gasteiger partial charge in [-0.05, 0) is 12.1 Å². The summed E-state index contributed by atoms with van der Waals surface area (Å²) in [6.45, 7) is 1.47. The van der Waals surface area contributed by atoms with Gasteiger partial charge in [-0.25, -0.2) is 8.78 Å². The number of aliphatic carboxylic acids is 2. The van der Waals surface area contributed by atoms with E-state index < -0.39 is 29.5 Å². The van der Waals surface area contributed by atoms with Gasteiger partial charge in [0.15, 0.2) is 11.6 Å². The van der Waals surface area contributed by atoms with E-state index in [0.29, 0.717) is 0 Å². The fourth-order valence-electron chi connectivity index (χ4n) is 1.65. The lowest BCUT2D eigenvalue weighted by molar-refractivity contribution is -0.140. The number of benzene rings is 1. The molecule has 20 heavy (non-hydrogen) atoms. The van der Waals surface area contributed by atoms with Crippen molar-refractivity contribution in [3.63, 3.8) is 0 Å². The predicted molar refractivity (Wildman–Crippen MR) is 67.6 cm³/mol. The smallest absolute Gasteiger partial charge is 0.308 e. The molecule has 0 fully saturated rings. The first-order valence-electron chi connectivity index (χ1n) is 5.96. The van der Waals surface area contributed by atoms with Crippen LogP contribution in [0.15, 0.2) is 18.2 Å². The molecule has 110 valence electrons. The number of hydrogen-bond acceptors (Lipinski definition) is 3. The van der Waals surface area contributed by atoms with E-state index in [2.05, 4.69) is 0 Å². The maximum Gasteiger partial charge on any atom is 0.308 e. The lowest BCUT2D eigenvalue weighted by Gasteiger charge is -2.26. The van der Waals surface area contributed by atoms with Gasteiger partial charge in [0, 0.05) is 24.8 Å². The number of halogens is 2. The van der Waals surface area contributed by atoms with Gasteiger partial charge in [0.1, 0.15) is 0 Å². The van der Waals surface area contributed by atoms with E-state index in [1.807, 2.05) is 0 Å². The van der Waals surface area contributed by atoms with Crippen LogP contribution in [0.4, 0.5) is 14.5 Å². The normalized spacial score (nSPS) is 11.9. The van der Waals surface area contributed by atoms with Gasteiger partial charge in [0.2, 0.25) is 0 Å². The Kier molecular flexibility index (Phi) is 5.42. The minimum Gasteiger partial charge on any atom is -0.481 e. The lowest BCUT2D eigenvalue weighted by Crippen LogP contribution is -2.33. The van der Waals surface area contributed by atoms with Gasteiger partial charge in [-0.3, -0.25) is 9.59 Å². The van der Waals surface area contributed by atoms with Crippen molar-refractivity contribution in [2.24, 2.45) is 5.92 Å².